The van der Waals surface area contributed by atoms with Gasteiger partial charge in [-0.05, 0) is 38.3 Å². The standard InChI is InChI=1S/C15H19NO5/c1-10(17)11-6-7-15(14(8-11)16(18)19)21-13-5-3-4-12(9-13)20-2/h6-8,12-13H,3-5,9H2,1-2H3. The van der Waals surface area contributed by atoms with Crippen LogP contribution in [0.4, 0.5) is 5.69 Å². The summed E-state index contributed by atoms with van der Waals surface area (Å²) in [4.78, 5) is 22.0. The highest BCUT2D eigenvalue weighted by molar-refractivity contribution is 5.95. The van der Waals surface area contributed by atoms with Gasteiger partial charge in [-0.1, -0.05) is 0 Å². The molecule has 6 heteroatoms. The molecule has 1 aromatic carbocycles. The summed E-state index contributed by atoms with van der Waals surface area (Å²) in [5.74, 6) is 0.00789. The van der Waals surface area contributed by atoms with Crippen molar-refractivity contribution in [2.75, 3.05) is 7.11 Å². The first kappa shape index (κ1) is 15.4. The largest absolute Gasteiger partial charge is 0.483 e. The summed E-state index contributed by atoms with van der Waals surface area (Å²) >= 11 is 0. The van der Waals surface area contributed by atoms with E-state index in [0.717, 1.165) is 25.7 Å². The van der Waals surface area contributed by atoms with E-state index in [1.165, 1.54) is 19.1 Å². The minimum absolute atomic E-state index is 0.0921. The number of ketones is 1. The van der Waals surface area contributed by atoms with Crippen LogP contribution in [-0.2, 0) is 4.74 Å². The molecule has 0 heterocycles. The number of benzene rings is 1. The van der Waals surface area contributed by atoms with Gasteiger partial charge in [0.25, 0.3) is 0 Å². The molecule has 0 radical (unpaired) electrons. The number of carbonyl (C=O) groups excluding carboxylic acids is 1. The number of hydrogen-bond acceptors (Lipinski definition) is 5. The fourth-order valence-corrected chi connectivity index (χ4v) is 2.58. The van der Waals surface area contributed by atoms with Gasteiger partial charge in [0.2, 0.25) is 0 Å². The third kappa shape index (κ3) is 3.78. The van der Waals surface area contributed by atoms with E-state index in [4.69, 9.17) is 9.47 Å². The first-order valence-electron chi connectivity index (χ1n) is 7.00. The molecule has 0 aromatic heterocycles. The van der Waals surface area contributed by atoms with Crippen molar-refractivity contribution in [3.05, 3.63) is 33.9 Å². The van der Waals surface area contributed by atoms with Crippen LogP contribution in [0, 0.1) is 10.1 Å². The van der Waals surface area contributed by atoms with Crippen molar-refractivity contribution in [3.63, 3.8) is 0 Å². The highest BCUT2D eigenvalue weighted by Crippen LogP contribution is 2.32. The normalized spacial score (nSPS) is 21.8. The van der Waals surface area contributed by atoms with E-state index >= 15 is 0 Å². The Balaban J connectivity index is 2.19. The van der Waals surface area contributed by atoms with Crippen LogP contribution in [0.15, 0.2) is 18.2 Å². The molecule has 0 N–H and O–H groups in total. The van der Waals surface area contributed by atoms with Gasteiger partial charge < -0.3 is 9.47 Å². The topological polar surface area (TPSA) is 78.7 Å². The Kier molecular flexibility index (Phi) is 4.90. The van der Waals surface area contributed by atoms with Crippen LogP contribution in [0.3, 0.4) is 0 Å². The number of rotatable bonds is 5. The van der Waals surface area contributed by atoms with Gasteiger partial charge >= 0.3 is 5.69 Å². The quantitative estimate of drug-likeness (QED) is 0.473. The molecule has 2 atom stereocenters. The fraction of sp³-hybridized carbons (Fsp3) is 0.533. The summed E-state index contributed by atoms with van der Waals surface area (Å²) in [6.45, 7) is 1.38. The zero-order valence-electron chi connectivity index (χ0n) is 12.2. The lowest BCUT2D eigenvalue weighted by Crippen LogP contribution is -2.29. The highest BCUT2D eigenvalue weighted by atomic mass is 16.6. The molecule has 6 nitrogen and oxygen atoms in total. The maximum atomic E-state index is 11.3. The predicted molar refractivity (Wildman–Crippen MR) is 76.8 cm³/mol. The summed E-state index contributed by atoms with van der Waals surface area (Å²) in [5.41, 5.74) is 0.148. The van der Waals surface area contributed by atoms with E-state index in [9.17, 15) is 14.9 Å². The minimum atomic E-state index is -0.515. The molecule has 1 aromatic rings. The van der Waals surface area contributed by atoms with Crippen LogP contribution in [0.1, 0.15) is 43.0 Å². The van der Waals surface area contributed by atoms with E-state index in [0.29, 0.717) is 5.56 Å². The van der Waals surface area contributed by atoms with Gasteiger partial charge in [0, 0.05) is 25.2 Å². The van der Waals surface area contributed by atoms with Crippen molar-refractivity contribution in [2.45, 2.75) is 44.8 Å². The summed E-state index contributed by atoms with van der Waals surface area (Å²) in [5, 5.41) is 11.1. The van der Waals surface area contributed by atoms with Gasteiger partial charge in [0.15, 0.2) is 11.5 Å². The smallest absolute Gasteiger partial charge is 0.311 e. The molecule has 1 saturated carbocycles. The van der Waals surface area contributed by atoms with Crippen LogP contribution in [0.5, 0.6) is 5.75 Å². The molecule has 21 heavy (non-hydrogen) atoms. The average molecular weight is 293 g/mol. The van der Waals surface area contributed by atoms with Gasteiger partial charge in [-0.15, -0.1) is 0 Å². The Morgan fingerprint density at radius 1 is 1.33 bits per heavy atom. The highest BCUT2D eigenvalue weighted by Gasteiger charge is 2.26. The van der Waals surface area contributed by atoms with E-state index in [2.05, 4.69) is 0 Å². The molecule has 1 aliphatic carbocycles. The Labute approximate surface area is 123 Å². The second-order valence-electron chi connectivity index (χ2n) is 5.26. The summed E-state index contributed by atoms with van der Waals surface area (Å²) in [6, 6.07) is 4.33. The second kappa shape index (κ2) is 6.67. The van der Waals surface area contributed by atoms with E-state index < -0.39 is 4.92 Å². The molecular weight excluding hydrogens is 274 g/mol. The maximum Gasteiger partial charge on any atom is 0.311 e. The number of nitrogens with zero attached hydrogens (tertiary/aromatic N) is 1. The number of hydrogen-bond donors (Lipinski definition) is 0. The van der Waals surface area contributed by atoms with Gasteiger partial charge in [0.05, 0.1) is 11.0 Å². The summed E-state index contributed by atoms with van der Waals surface area (Å²) < 4.78 is 11.1. The molecular formula is C15H19NO5. The SMILES string of the molecule is COC1CCCC(Oc2ccc(C(C)=O)cc2[N+](=O)[O-])C1. The molecule has 114 valence electrons. The summed E-state index contributed by atoms with van der Waals surface area (Å²) in [6.07, 6.45) is 3.59. The summed E-state index contributed by atoms with van der Waals surface area (Å²) in [7, 11) is 1.66. The zero-order chi connectivity index (χ0) is 15.4. The van der Waals surface area contributed by atoms with Crippen molar-refractivity contribution < 1.29 is 19.2 Å². The number of Topliss-reactive ketones (excluding diaryl/α,β-unsaturated/α-hetero) is 1. The molecule has 1 aliphatic rings. The number of nitro benzene ring substituents is 1. The fourth-order valence-electron chi connectivity index (χ4n) is 2.58. The van der Waals surface area contributed by atoms with Gasteiger partial charge in [0.1, 0.15) is 6.10 Å². The average Bonchev–Trinajstić information content (AvgIpc) is 2.47. The maximum absolute atomic E-state index is 11.3. The number of ether oxygens (including phenoxy) is 2. The van der Waals surface area contributed by atoms with Gasteiger partial charge in [-0.3, -0.25) is 14.9 Å². The number of carbonyl (C=O) groups is 1. The molecule has 0 saturated heterocycles. The molecule has 0 aliphatic heterocycles. The third-order valence-corrected chi connectivity index (χ3v) is 3.77. The van der Waals surface area contributed by atoms with E-state index in [1.54, 1.807) is 13.2 Å². The Morgan fingerprint density at radius 3 is 2.67 bits per heavy atom. The van der Waals surface area contributed by atoms with Crippen molar-refractivity contribution in [3.8, 4) is 5.75 Å². The molecule has 2 unspecified atom stereocenters. The van der Waals surface area contributed by atoms with Crippen LogP contribution in [0.2, 0.25) is 0 Å². The third-order valence-electron chi connectivity index (χ3n) is 3.77. The Bertz CT molecular complexity index is 543. The van der Waals surface area contributed by atoms with Crippen LogP contribution >= 0.6 is 0 Å². The van der Waals surface area contributed by atoms with E-state index in [-0.39, 0.29) is 29.4 Å². The monoisotopic (exact) mass is 293 g/mol. The molecule has 1 fully saturated rings. The molecule has 0 amide bonds. The van der Waals surface area contributed by atoms with Crippen molar-refractivity contribution in [1.82, 2.24) is 0 Å². The second-order valence-corrected chi connectivity index (χ2v) is 5.26. The predicted octanol–water partition coefficient (Wildman–Crippen LogP) is 3.13. The lowest BCUT2D eigenvalue weighted by Gasteiger charge is -2.28. The van der Waals surface area contributed by atoms with Crippen LogP contribution in [-0.4, -0.2) is 30.0 Å². The van der Waals surface area contributed by atoms with Crippen LogP contribution < -0.4 is 4.74 Å². The zero-order valence-corrected chi connectivity index (χ0v) is 12.2. The van der Waals surface area contributed by atoms with Crippen molar-refractivity contribution >= 4 is 11.5 Å². The lowest BCUT2D eigenvalue weighted by molar-refractivity contribution is -0.386. The molecule has 0 spiro atoms. The van der Waals surface area contributed by atoms with Gasteiger partial charge in [-0.2, -0.15) is 0 Å². The van der Waals surface area contributed by atoms with E-state index in [1.807, 2.05) is 0 Å². The minimum Gasteiger partial charge on any atom is -0.483 e. The van der Waals surface area contributed by atoms with Crippen molar-refractivity contribution in [2.24, 2.45) is 0 Å². The first-order valence-corrected chi connectivity index (χ1v) is 7.00. The Morgan fingerprint density at radius 2 is 2.05 bits per heavy atom. The first-order chi connectivity index (χ1) is 10.0. The number of nitro groups is 1. The lowest BCUT2D eigenvalue weighted by atomic mass is 9.95. The molecule has 2 rings (SSSR count). The molecule has 0 bridgehead atoms. The Hall–Kier alpha value is -1.95. The van der Waals surface area contributed by atoms with Crippen molar-refractivity contribution in [1.29, 1.82) is 0 Å². The van der Waals surface area contributed by atoms with Crippen LogP contribution in [0.25, 0.3) is 0 Å². The number of methoxy groups -OCH3 is 1. The van der Waals surface area contributed by atoms with Gasteiger partial charge in [-0.25, -0.2) is 0 Å².